The zero-order chi connectivity index (χ0) is 9.64. The van der Waals surface area contributed by atoms with Crippen LogP contribution in [0.2, 0.25) is 0 Å². The van der Waals surface area contributed by atoms with Crippen LogP contribution < -0.4 is 5.43 Å². The van der Waals surface area contributed by atoms with Crippen molar-refractivity contribution in [2.45, 2.75) is 32.6 Å². The van der Waals surface area contributed by atoms with Crippen LogP contribution >= 0.6 is 0 Å². The highest BCUT2D eigenvalue weighted by Crippen LogP contribution is 2.21. The number of carbonyl (C=O) groups excluding carboxylic acids is 1. The number of rotatable bonds is 0. The number of fused-ring (bicyclic) bond motifs is 1. The molecule has 1 N–H and O–H groups in total. The smallest absolute Gasteiger partial charge is 0.246 e. The maximum absolute atomic E-state index is 11.0. The average Bonchev–Trinajstić information content (AvgIpc) is 2.41. The van der Waals surface area contributed by atoms with Gasteiger partial charge in [-0.2, -0.15) is 0 Å². The molecule has 0 fully saturated rings. The molecule has 0 saturated heterocycles. The fourth-order valence-corrected chi connectivity index (χ4v) is 1.34. The molecule has 2 heterocycles. The Morgan fingerprint density at radius 1 is 1.38 bits per heavy atom. The Labute approximate surface area is 76.1 Å². The summed E-state index contributed by atoms with van der Waals surface area (Å²) in [6.07, 6.45) is 0.336. The molecule has 0 aliphatic carbocycles. The summed E-state index contributed by atoms with van der Waals surface area (Å²) < 4.78 is 1.68. The molecule has 1 aromatic heterocycles. The molecule has 1 aliphatic rings. The highest BCUT2D eigenvalue weighted by Gasteiger charge is 2.29. The molecule has 2 rings (SSSR count). The summed E-state index contributed by atoms with van der Waals surface area (Å²) in [5, 5.41) is 7.98. The van der Waals surface area contributed by atoms with Gasteiger partial charge in [0, 0.05) is 5.41 Å². The third-order valence-electron chi connectivity index (χ3n) is 1.96. The largest absolute Gasteiger partial charge is 0.273 e. The van der Waals surface area contributed by atoms with Gasteiger partial charge in [-0.05, 0) is 0 Å². The molecule has 0 unspecified atom stereocenters. The van der Waals surface area contributed by atoms with E-state index in [9.17, 15) is 4.79 Å². The molecule has 1 amide bonds. The van der Waals surface area contributed by atoms with E-state index in [1.807, 2.05) is 20.8 Å². The molecule has 0 spiro atoms. The van der Waals surface area contributed by atoms with E-state index in [1.165, 1.54) is 0 Å². The first-order chi connectivity index (χ1) is 5.98. The summed E-state index contributed by atoms with van der Waals surface area (Å²) in [4.78, 5) is 11.0. The summed E-state index contributed by atoms with van der Waals surface area (Å²) in [6, 6.07) is 0. The second-order valence-corrected chi connectivity index (χ2v) is 4.24. The number of nitrogens with zero attached hydrogens (tertiary/aromatic N) is 3. The van der Waals surface area contributed by atoms with Gasteiger partial charge in [0.25, 0.3) is 0 Å². The molecule has 0 saturated carbocycles. The van der Waals surface area contributed by atoms with Crippen molar-refractivity contribution in [3.8, 4) is 0 Å². The third-order valence-corrected chi connectivity index (χ3v) is 1.96. The normalized spacial score (nSPS) is 15.8. The van der Waals surface area contributed by atoms with Gasteiger partial charge >= 0.3 is 0 Å². The number of hydrogen-bond donors (Lipinski definition) is 1. The van der Waals surface area contributed by atoms with Crippen molar-refractivity contribution in [2.75, 3.05) is 5.43 Å². The van der Waals surface area contributed by atoms with E-state index >= 15 is 0 Å². The van der Waals surface area contributed by atoms with Gasteiger partial charge < -0.3 is 0 Å². The highest BCUT2D eigenvalue weighted by molar-refractivity contribution is 5.87. The number of hydrogen-bond acceptors (Lipinski definition) is 3. The van der Waals surface area contributed by atoms with Gasteiger partial charge in [0.05, 0.1) is 6.42 Å². The van der Waals surface area contributed by atoms with Crippen molar-refractivity contribution >= 4 is 5.91 Å². The van der Waals surface area contributed by atoms with Crippen LogP contribution in [0.5, 0.6) is 0 Å². The Balaban J connectivity index is 2.47. The summed E-state index contributed by atoms with van der Waals surface area (Å²) in [7, 11) is 0. The number of nitrogens with one attached hydrogen (secondary N) is 1. The molecule has 70 valence electrons. The Bertz CT molecular complexity index is 361. The van der Waals surface area contributed by atoms with Crippen molar-refractivity contribution in [1.82, 2.24) is 14.9 Å². The van der Waals surface area contributed by atoms with Gasteiger partial charge in [-0.1, -0.05) is 20.8 Å². The van der Waals surface area contributed by atoms with Gasteiger partial charge in [0.1, 0.15) is 0 Å². The van der Waals surface area contributed by atoms with Crippen molar-refractivity contribution in [3.05, 3.63) is 11.6 Å². The molecule has 0 bridgehead atoms. The van der Waals surface area contributed by atoms with Crippen molar-refractivity contribution in [1.29, 1.82) is 0 Å². The quantitative estimate of drug-likeness (QED) is 0.620. The van der Waals surface area contributed by atoms with Crippen LogP contribution in [0.25, 0.3) is 0 Å². The van der Waals surface area contributed by atoms with Crippen LogP contribution in [0.4, 0.5) is 0 Å². The minimum atomic E-state index is -0.0944. The third kappa shape index (κ3) is 1.20. The fraction of sp³-hybridized carbons (Fsp3) is 0.625. The lowest BCUT2D eigenvalue weighted by atomic mass is 9.96. The Morgan fingerprint density at radius 3 is 2.69 bits per heavy atom. The summed E-state index contributed by atoms with van der Waals surface area (Å²) >= 11 is 0. The van der Waals surface area contributed by atoms with Crippen LogP contribution in [0.1, 0.15) is 32.4 Å². The summed E-state index contributed by atoms with van der Waals surface area (Å²) in [5.74, 6) is 1.48. The molecular weight excluding hydrogens is 168 g/mol. The van der Waals surface area contributed by atoms with E-state index in [-0.39, 0.29) is 11.3 Å². The van der Waals surface area contributed by atoms with Gasteiger partial charge in [0.2, 0.25) is 5.91 Å². The number of carbonyl (C=O) groups is 1. The number of aromatic nitrogens is 3. The highest BCUT2D eigenvalue weighted by atomic mass is 16.2. The lowest BCUT2D eigenvalue weighted by Crippen LogP contribution is -2.24. The van der Waals surface area contributed by atoms with Crippen LogP contribution in [-0.4, -0.2) is 20.8 Å². The zero-order valence-corrected chi connectivity index (χ0v) is 7.96. The molecule has 13 heavy (non-hydrogen) atoms. The Morgan fingerprint density at radius 2 is 2.08 bits per heavy atom. The van der Waals surface area contributed by atoms with Gasteiger partial charge in [0.15, 0.2) is 11.6 Å². The molecule has 1 aromatic rings. The molecule has 0 aromatic carbocycles. The van der Waals surface area contributed by atoms with Gasteiger partial charge in [-0.25, -0.2) is 4.68 Å². The first kappa shape index (κ1) is 8.22. The second-order valence-electron chi connectivity index (χ2n) is 4.24. The van der Waals surface area contributed by atoms with Gasteiger partial charge in [-0.15, -0.1) is 10.2 Å². The lowest BCUT2D eigenvalue weighted by Gasteiger charge is -2.16. The molecule has 5 heteroatoms. The van der Waals surface area contributed by atoms with Gasteiger partial charge in [-0.3, -0.25) is 10.2 Å². The molecular formula is C8H12N4O. The zero-order valence-electron chi connectivity index (χ0n) is 7.96. The van der Waals surface area contributed by atoms with Crippen LogP contribution in [0.15, 0.2) is 0 Å². The molecule has 0 radical (unpaired) electrons. The summed E-state index contributed by atoms with van der Waals surface area (Å²) in [6.45, 7) is 6.11. The lowest BCUT2D eigenvalue weighted by molar-refractivity contribution is -0.115. The first-order valence-corrected chi connectivity index (χ1v) is 4.23. The standard InChI is InChI=1S/C8H12N4O/c1-8(2,3)7-10-9-5-4-6(13)11-12(5)7/h4H2,1-3H3,(H,11,13). The summed E-state index contributed by atoms with van der Waals surface area (Å²) in [5.41, 5.74) is 2.61. The van der Waals surface area contributed by atoms with E-state index in [1.54, 1.807) is 4.68 Å². The van der Waals surface area contributed by atoms with E-state index in [0.29, 0.717) is 12.2 Å². The minimum Gasteiger partial charge on any atom is -0.273 e. The maximum atomic E-state index is 11.0. The van der Waals surface area contributed by atoms with E-state index in [0.717, 1.165) is 5.82 Å². The van der Waals surface area contributed by atoms with Crippen LogP contribution in [0, 0.1) is 0 Å². The topological polar surface area (TPSA) is 59.8 Å². The van der Waals surface area contributed by atoms with Crippen LogP contribution in [-0.2, 0) is 16.6 Å². The van der Waals surface area contributed by atoms with E-state index < -0.39 is 0 Å². The van der Waals surface area contributed by atoms with Crippen LogP contribution in [0.3, 0.4) is 0 Å². The first-order valence-electron chi connectivity index (χ1n) is 4.23. The monoisotopic (exact) mass is 180 g/mol. The molecule has 1 aliphatic heterocycles. The minimum absolute atomic E-state index is 0.0181. The maximum Gasteiger partial charge on any atom is 0.246 e. The Kier molecular flexibility index (Phi) is 1.46. The van der Waals surface area contributed by atoms with Crippen molar-refractivity contribution in [3.63, 3.8) is 0 Å². The van der Waals surface area contributed by atoms with E-state index in [2.05, 4.69) is 15.6 Å². The Hall–Kier alpha value is -1.39. The second kappa shape index (κ2) is 2.31. The predicted molar refractivity (Wildman–Crippen MR) is 46.8 cm³/mol. The molecule has 5 nitrogen and oxygen atoms in total. The van der Waals surface area contributed by atoms with Crippen molar-refractivity contribution in [2.24, 2.45) is 0 Å². The average molecular weight is 180 g/mol. The number of amides is 1. The van der Waals surface area contributed by atoms with Crippen molar-refractivity contribution < 1.29 is 4.79 Å². The molecule has 0 atom stereocenters. The SMILES string of the molecule is CC(C)(C)c1nnc2n1NC(=O)C2. The predicted octanol–water partition coefficient (Wildman–Crippen LogP) is 0.202. The van der Waals surface area contributed by atoms with E-state index in [4.69, 9.17) is 0 Å². The fourth-order valence-electron chi connectivity index (χ4n) is 1.34.